The van der Waals surface area contributed by atoms with Crippen molar-refractivity contribution in [2.45, 2.75) is 20.0 Å². The lowest BCUT2D eigenvalue weighted by Gasteiger charge is -2.10. The van der Waals surface area contributed by atoms with E-state index in [1.54, 1.807) is 18.2 Å². The van der Waals surface area contributed by atoms with Crippen LogP contribution in [0.15, 0.2) is 71.8 Å². The summed E-state index contributed by atoms with van der Waals surface area (Å²) < 4.78 is 5.88. The minimum Gasteiger partial charge on any atom is -0.488 e. The van der Waals surface area contributed by atoms with Crippen molar-refractivity contribution in [1.29, 1.82) is 0 Å². The van der Waals surface area contributed by atoms with Crippen molar-refractivity contribution in [3.63, 3.8) is 0 Å². The second-order valence-corrected chi connectivity index (χ2v) is 7.43. The lowest BCUT2D eigenvalue weighted by atomic mass is 10.1. The van der Waals surface area contributed by atoms with Crippen LogP contribution in [0.5, 0.6) is 5.75 Å². The standard InChI is InChI=1S/C23H20Cl2N2O2/c1-16-5-7-17(8-6-16)12-23(28)27-26-14-19-13-21(25)9-10-22(19)29-15-18-3-2-4-20(24)11-18/h2-11,13-14H,12,15H2,1H3,(H,27,28)/b26-14+. The zero-order valence-electron chi connectivity index (χ0n) is 15.9. The van der Waals surface area contributed by atoms with Crippen LogP contribution in [-0.2, 0) is 17.8 Å². The normalized spacial score (nSPS) is 10.9. The third-order valence-electron chi connectivity index (χ3n) is 4.13. The first-order chi connectivity index (χ1) is 14.0. The largest absolute Gasteiger partial charge is 0.488 e. The van der Waals surface area contributed by atoms with Crippen molar-refractivity contribution in [2.75, 3.05) is 0 Å². The summed E-state index contributed by atoms with van der Waals surface area (Å²) in [5.74, 6) is 0.402. The van der Waals surface area contributed by atoms with Crippen LogP contribution >= 0.6 is 23.2 Å². The van der Waals surface area contributed by atoms with E-state index in [-0.39, 0.29) is 12.3 Å². The Morgan fingerprint density at radius 1 is 1.00 bits per heavy atom. The summed E-state index contributed by atoms with van der Waals surface area (Å²) >= 11 is 12.1. The quantitative estimate of drug-likeness (QED) is 0.396. The van der Waals surface area contributed by atoms with Gasteiger partial charge in [0.15, 0.2) is 0 Å². The highest BCUT2D eigenvalue weighted by Crippen LogP contribution is 2.23. The number of rotatable bonds is 7. The molecule has 1 amide bonds. The van der Waals surface area contributed by atoms with E-state index in [4.69, 9.17) is 27.9 Å². The Kier molecular flexibility index (Phi) is 7.28. The Morgan fingerprint density at radius 2 is 1.76 bits per heavy atom. The summed E-state index contributed by atoms with van der Waals surface area (Å²) in [6.07, 6.45) is 1.78. The Labute approximate surface area is 180 Å². The van der Waals surface area contributed by atoms with Crippen LogP contribution < -0.4 is 10.2 Å². The van der Waals surface area contributed by atoms with Gasteiger partial charge in [-0.3, -0.25) is 4.79 Å². The van der Waals surface area contributed by atoms with Gasteiger partial charge in [-0.05, 0) is 48.4 Å². The average molecular weight is 427 g/mol. The van der Waals surface area contributed by atoms with Gasteiger partial charge in [0, 0.05) is 15.6 Å². The number of nitrogens with zero attached hydrogens (tertiary/aromatic N) is 1. The molecule has 0 saturated carbocycles. The van der Waals surface area contributed by atoms with E-state index in [1.807, 2.05) is 55.5 Å². The lowest BCUT2D eigenvalue weighted by Crippen LogP contribution is -2.19. The van der Waals surface area contributed by atoms with Gasteiger partial charge in [-0.25, -0.2) is 5.43 Å². The molecule has 4 nitrogen and oxygen atoms in total. The highest BCUT2D eigenvalue weighted by atomic mass is 35.5. The molecule has 0 aliphatic heterocycles. The van der Waals surface area contributed by atoms with E-state index >= 15 is 0 Å². The first-order valence-corrected chi connectivity index (χ1v) is 9.79. The van der Waals surface area contributed by atoms with Crippen molar-refractivity contribution in [3.8, 4) is 5.75 Å². The first kappa shape index (κ1) is 20.9. The fraction of sp³-hybridized carbons (Fsp3) is 0.130. The Bertz CT molecular complexity index is 1020. The first-order valence-electron chi connectivity index (χ1n) is 9.04. The number of ether oxygens (including phenoxy) is 1. The molecule has 0 saturated heterocycles. The highest BCUT2D eigenvalue weighted by Gasteiger charge is 2.06. The molecule has 0 aliphatic carbocycles. The number of hydrazone groups is 1. The summed E-state index contributed by atoms with van der Waals surface area (Å²) in [5, 5.41) is 5.24. The summed E-state index contributed by atoms with van der Waals surface area (Å²) in [5.41, 5.74) is 6.22. The van der Waals surface area contributed by atoms with Crippen molar-refractivity contribution in [3.05, 3.63) is 99.0 Å². The van der Waals surface area contributed by atoms with Gasteiger partial charge < -0.3 is 4.74 Å². The maximum absolute atomic E-state index is 12.1. The second kappa shape index (κ2) is 10.1. The van der Waals surface area contributed by atoms with Crippen LogP contribution in [0.3, 0.4) is 0 Å². The maximum Gasteiger partial charge on any atom is 0.244 e. The molecule has 3 aromatic rings. The summed E-state index contributed by atoms with van der Waals surface area (Å²) in [7, 11) is 0. The molecular weight excluding hydrogens is 407 g/mol. The molecule has 0 aliphatic rings. The molecule has 0 atom stereocenters. The molecule has 1 N–H and O–H groups in total. The molecule has 6 heteroatoms. The second-order valence-electron chi connectivity index (χ2n) is 6.56. The number of carbonyl (C=O) groups excluding carboxylic acids is 1. The molecule has 0 heterocycles. The molecule has 0 unspecified atom stereocenters. The minimum atomic E-state index is -0.200. The van der Waals surface area contributed by atoms with Gasteiger partial charge in [0.25, 0.3) is 0 Å². The monoisotopic (exact) mass is 426 g/mol. The van der Waals surface area contributed by atoms with Crippen LogP contribution in [-0.4, -0.2) is 12.1 Å². The number of nitrogens with one attached hydrogen (secondary N) is 1. The number of carbonyl (C=O) groups is 1. The molecule has 29 heavy (non-hydrogen) atoms. The van der Waals surface area contributed by atoms with E-state index in [2.05, 4.69) is 10.5 Å². The zero-order chi connectivity index (χ0) is 20.6. The Morgan fingerprint density at radius 3 is 2.52 bits per heavy atom. The maximum atomic E-state index is 12.1. The fourth-order valence-corrected chi connectivity index (χ4v) is 3.04. The average Bonchev–Trinajstić information content (AvgIpc) is 2.69. The van der Waals surface area contributed by atoms with E-state index in [9.17, 15) is 4.79 Å². The molecule has 148 valence electrons. The van der Waals surface area contributed by atoms with E-state index in [0.29, 0.717) is 28.0 Å². The van der Waals surface area contributed by atoms with Crippen LogP contribution in [0, 0.1) is 6.92 Å². The number of hydrogen-bond acceptors (Lipinski definition) is 3. The van der Waals surface area contributed by atoms with Gasteiger partial charge in [-0.1, -0.05) is 65.2 Å². The number of hydrogen-bond donors (Lipinski definition) is 1. The van der Waals surface area contributed by atoms with Crippen molar-refractivity contribution >= 4 is 35.3 Å². The third kappa shape index (κ3) is 6.63. The van der Waals surface area contributed by atoms with E-state index in [0.717, 1.165) is 16.7 Å². The Hall–Kier alpha value is -2.82. The topological polar surface area (TPSA) is 50.7 Å². The summed E-state index contributed by atoms with van der Waals surface area (Å²) in [6.45, 7) is 2.36. The van der Waals surface area contributed by atoms with Crippen LogP contribution in [0.25, 0.3) is 0 Å². The van der Waals surface area contributed by atoms with Gasteiger partial charge in [0.1, 0.15) is 12.4 Å². The van der Waals surface area contributed by atoms with Crippen LogP contribution in [0.4, 0.5) is 0 Å². The van der Waals surface area contributed by atoms with Crippen molar-refractivity contribution in [2.24, 2.45) is 5.10 Å². The predicted molar refractivity (Wildman–Crippen MR) is 118 cm³/mol. The van der Waals surface area contributed by atoms with Gasteiger partial charge in [0.2, 0.25) is 5.91 Å². The molecule has 0 bridgehead atoms. The molecule has 0 radical (unpaired) electrons. The SMILES string of the molecule is Cc1ccc(CC(=O)N/N=C/c2cc(Cl)ccc2OCc2cccc(Cl)c2)cc1. The number of amides is 1. The van der Waals surface area contributed by atoms with Gasteiger partial charge in [0.05, 0.1) is 12.6 Å². The summed E-state index contributed by atoms with van der Waals surface area (Å²) in [4.78, 5) is 12.1. The van der Waals surface area contributed by atoms with Gasteiger partial charge in [-0.15, -0.1) is 0 Å². The minimum absolute atomic E-state index is 0.200. The molecular formula is C23H20Cl2N2O2. The van der Waals surface area contributed by atoms with Crippen molar-refractivity contribution < 1.29 is 9.53 Å². The van der Waals surface area contributed by atoms with Crippen LogP contribution in [0.1, 0.15) is 22.3 Å². The highest BCUT2D eigenvalue weighted by molar-refractivity contribution is 6.31. The molecule has 3 aromatic carbocycles. The van der Waals surface area contributed by atoms with Crippen molar-refractivity contribution in [1.82, 2.24) is 5.43 Å². The zero-order valence-corrected chi connectivity index (χ0v) is 17.4. The molecule has 0 fully saturated rings. The fourth-order valence-electron chi connectivity index (χ4n) is 2.64. The lowest BCUT2D eigenvalue weighted by molar-refractivity contribution is -0.120. The van der Waals surface area contributed by atoms with Crippen LogP contribution in [0.2, 0.25) is 10.0 Å². The van der Waals surface area contributed by atoms with Gasteiger partial charge in [-0.2, -0.15) is 5.10 Å². The number of benzene rings is 3. The van der Waals surface area contributed by atoms with Gasteiger partial charge >= 0.3 is 0 Å². The molecule has 3 rings (SSSR count). The molecule has 0 aromatic heterocycles. The van der Waals surface area contributed by atoms with E-state index < -0.39 is 0 Å². The number of halogens is 2. The van der Waals surface area contributed by atoms with E-state index in [1.165, 1.54) is 6.21 Å². The molecule has 0 spiro atoms. The third-order valence-corrected chi connectivity index (χ3v) is 4.60. The predicted octanol–water partition coefficient (Wildman–Crippen LogP) is 5.57. The summed E-state index contributed by atoms with van der Waals surface area (Å²) in [6, 6.07) is 20.5. The Balaban J connectivity index is 1.62. The smallest absolute Gasteiger partial charge is 0.244 e. The number of aryl methyl sites for hydroxylation is 1.